The molecular weight excluding hydrogens is 507 g/mol. The van der Waals surface area contributed by atoms with E-state index in [1.807, 2.05) is 23.9 Å². The molecule has 28 heavy (non-hydrogen) atoms. The van der Waals surface area contributed by atoms with Gasteiger partial charge in [-0.25, -0.2) is 8.42 Å². The summed E-state index contributed by atoms with van der Waals surface area (Å²) in [6, 6.07) is 7.25. The number of aliphatic imine (C=N–C) groups is 1. The maximum atomic E-state index is 13.0. The Morgan fingerprint density at radius 1 is 1.14 bits per heavy atom. The van der Waals surface area contributed by atoms with Crippen LogP contribution in [0.4, 0.5) is 0 Å². The number of benzene rings is 1. The van der Waals surface area contributed by atoms with E-state index < -0.39 is 10.0 Å². The topological polar surface area (TPSA) is 73.8 Å². The largest absolute Gasteiger partial charge is 0.356 e. The quantitative estimate of drug-likeness (QED) is 0.218. The fourth-order valence-electron chi connectivity index (χ4n) is 3.12. The van der Waals surface area contributed by atoms with Crippen molar-refractivity contribution in [1.82, 2.24) is 14.9 Å². The zero-order chi connectivity index (χ0) is 19.5. The molecule has 1 fully saturated rings. The van der Waals surface area contributed by atoms with Gasteiger partial charge in [0.15, 0.2) is 5.96 Å². The molecule has 1 aliphatic heterocycles. The third kappa shape index (κ3) is 7.72. The Labute approximate surface area is 191 Å². The van der Waals surface area contributed by atoms with Crippen LogP contribution in [0.15, 0.2) is 34.2 Å². The van der Waals surface area contributed by atoms with E-state index in [4.69, 9.17) is 0 Å². The van der Waals surface area contributed by atoms with E-state index in [1.54, 1.807) is 23.5 Å². The summed E-state index contributed by atoms with van der Waals surface area (Å²) in [5, 5.41) is 6.53. The maximum absolute atomic E-state index is 13.0. The van der Waals surface area contributed by atoms with Gasteiger partial charge in [0.05, 0.1) is 4.90 Å². The summed E-state index contributed by atoms with van der Waals surface area (Å²) in [5.41, 5.74) is 0.772. The molecule has 160 valence electrons. The van der Waals surface area contributed by atoms with Crippen LogP contribution >= 0.6 is 35.7 Å². The molecule has 0 atom stereocenters. The minimum atomic E-state index is -3.44. The van der Waals surface area contributed by atoms with Crippen molar-refractivity contribution < 1.29 is 8.42 Å². The van der Waals surface area contributed by atoms with Crippen LogP contribution in [0.1, 0.15) is 37.7 Å². The van der Waals surface area contributed by atoms with E-state index in [0.717, 1.165) is 43.5 Å². The van der Waals surface area contributed by atoms with Crippen LogP contribution in [0.25, 0.3) is 0 Å². The lowest BCUT2D eigenvalue weighted by Gasteiger charge is -2.27. The zero-order valence-electron chi connectivity index (χ0n) is 16.8. The van der Waals surface area contributed by atoms with E-state index >= 15 is 0 Å². The molecular formula is C19H33IN4O2S2. The van der Waals surface area contributed by atoms with Crippen molar-refractivity contribution in [2.45, 2.75) is 43.5 Å². The van der Waals surface area contributed by atoms with Gasteiger partial charge in [-0.3, -0.25) is 4.99 Å². The number of thioether (sulfide) groups is 1. The van der Waals surface area contributed by atoms with E-state index in [1.165, 1.54) is 6.42 Å². The second-order valence-corrected chi connectivity index (χ2v) is 9.52. The lowest BCUT2D eigenvalue weighted by Crippen LogP contribution is -2.38. The summed E-state index contributed by atoms with van der Waals surface area (Å²) in [6.07, 6.45) is 7.35. The van der Waals surface area contributed by atoms with Gasteiger partial charge in [-0.2, -0.15) is 16.1 Å². The predicted molar refractivity (Wildman–Crippen MR) is 130 cm³/mol. The molecule has 0 unspecified atom stereocenters. The van der Waals surface area contributed by atoms with Crippen LogP contribution in [-0.2, 0) is 16.6 Å². The van der Waals surface area contributed by atoms with E-state index in [-0.39, 0.29) is 24.0 Å². The van der Waals surface area contributed by atoms with Gasteiger partial charge in [0.1, 0.15) is 0 Å². The standard InChI is InChI=1S/C19H32N4O2S2.HI/c1-20-19(21-12-6-9-15-26-2)22-16-17-10-4-5-11-18(17)27(24,25)23-13-7-3-8-14-23;/h4-5,10-11H,3,6-9,12-16H2,1-2H3,(H2,20,21,22);1H. The van der Waals surface area contributed by atoms with Gasteiger partial charge >= 0.3 is 0 Å². The first kappa shape index (κ1) is 25.5. The van der Waals surface area contributed by atoms with Crippen LogP contribution in [0, 0.1) is 0 Å². The van der Waals surface area contributed by atoms with Crippen molar-refractivity contribution in [3.05, 3.63) is 29.8 Å². The Balaban J connectivity index is 0.00000392. The lowest BCUT2D eigenvalue weighted by atomic mass is 10.2. The molecule has 0 amide bonds. The van der Waals surface area contributed by atoms with Gasteiger partial charge in [-0.1, -0.05) is 24.6 Å². The number of nitrogens with zero attached hydrogens (tertiary/aromatic N) is 2. The molecule has 0 spiro atoms. The molecule has 0 bridgehead atoms. The van der Waals surface area contributed by atoms with E-state index in [0.29, 0.717) is 30.5 Å². The van der Waals surface area contributed by atoms with Crippen molar-refractivity contribution in [2.24, 2.45) is 4.99 Å². The SMILES string of the molecule is CN=C(NCCCCSC)NCc1ccccc1S(=O)(=O)N1CCCCC1.I. The molecule has 1 heterocycles. The average molecular weight is 541 g/mol. The number of halogens is 1. The van der Waals surface area contributed by atoms with Gasteiger partial charge in [-0.05, 0) is 49.3 Å². The number of hydrogen-bond acceptors (Lipinski definition) is 4. The number of hydrogen-bond donors (Lipinski definition) is 2. The number of sulfonamides is 1. The number of unbranched alkanes of at least 4 members (excludes halogenated alkanes) is 1. The van der Waals surface area contributed by atoms with Crippen LogP contribution in [0.5, 0.6) is 0 Å². The normalized spacial score (nSPS) is 15.7. The summed E-state index contributed by atoms with van der Waals surface area (Å²) >= 11 is 1.85. The molecule has 1 aromatic carbocycles. The smallest absolute Gasteiger partial charge is 0.243 e. The summed E-state index contributed by atoms with van der Waals surface area (Å²) in [5.74, 6) is 1.86. The predicted octanol–water partition coefficient (Wildman–Crippen LogP) is 3.29. The second kappa shape index (κ2) is 13.7. The molecule has 2 rings (SSSR count). The van der Waals surface area contributed by atoms with Crippen molar-refractivity contribution in [3.8, 4) is 0 Å². The highest BCUT2D eigenvalue weighted by atomic mass is 127. The summed E-state index contributed by atoms with van der Waals surface area (Å²) in [6.45, 7) is 2.51. The summed E-state index contributed by atoms with van der Waals surface area (Å²) in [7, 11) is -1.71. The number of guanidine groups is 1. The third-order valence-electron chi connectivity index (χ3n) is 4.64. The molecule has 0 aliphatic carbocycles. The lowest BCUT2D eigenvalue weighted by molar-refractivity contribution is 0.346. The Bertz CT molecular complexity index is 708. The molecule has 1 aliphatic rings. The van der Waals surface area contributed by atoms with Crippen molar-refractivity contribution in [2.75, 3.05) is 38.7 Å². The van der Waals surface area contributed by atoms with Crippen molar-refractivity contribution >= 4 is 51.7 Å². The highest BCUT2D eigenvalue weighted by molar-refractivity contribution is 14.0. The summed E-state index contributed by atoms with van der Waals surface area (Å²) < 4.78 is 27.7. The summed E-state index contributed by atoms with van der Waals surface area (Å²) in [4.78, 5) is 4.63. The van der Waals surface area contributed by atoms with Crippen LogP contribution < -0.4 is 10.6 Å². The average Bonchev–Trinajstić information content (AvgIpc) is 2.71. The molecule has 0 saturated carbocycles. The first-order chi connectivity index (χ1) is 13.1. The number of rotatable bonds is 9. The first-order valence-electron chi connectivity index (χ1n) is 9.61. The second-order valence-electron chi connectivity index (χ2n) is 6.62. The van der Waals surface area contributed by atoms with Crippen LogP contribution in [0.3, 0.4) is 0 Å². The van der Waals surface area contributed by atoms with Gasteiger partial charge in [0.25, 0.3) is 0 Å². The Morgan fingerprint density at radius 2 is 1.86 bits per heavy atom. The monoisotopic (exact) mass is 540 g/mol. The van der Waals surface area contributed by atoms with Crippen LogP contribution in [-0.4, -0.2) is 57.4 Å². The van der Waals surface area contributed by atoms with Gasteiger partial charge in [-0.15, -0.1) is 24.0 Å². The van der Waals surface area contributed by atoms with Crippen molar-refractivity contribution in [3.63, 3.8) is 0 Å². The fourth-order valence-corrected chi connectivity index (χ4v) is 5.36. The Morgan fingerprint density at radius 3 is 2.54 bits per heavy atom. The van der Waals surface area contributed by atoms with Gasteiger partial charge < -0.3 is 10.6 Å². The maximum Gasteiger partial charge on any atom is 0.243 e. The van der Waals surface area contributed by atoms with Crippen LogP contribution in [0.2, 0.25) is 0 Å². The van der Waals surface area contributed by atoms with Gasteiger partial charge in [0, 0.05) is 33.2 Å². The Hall–Kier alpha value is -0.520. The van der Waals surface area contributed by atoms with Gasteiger partial charge in [0.2, 0.25) is 10.0 Å². The fraction of sp³-hybridized carbons (Fsp3) is 0.632. The minimum absolute atomic E-state index is 0. The molecule has 9 heteroatoms. The highest BCUT2D eigenvalue weighted by Crippen LogP contribution is 2.23. The molecule has 0 aromatic heterocycles. The third-order valence-corrected chi connectivity index (χ3v) is 7.34. The van der Waals surface area contributed by atoms with Crippen molar-refractivity contribution in [1.29, 1.82) is 0 Å². The highest BCUT2D eigenvalue weighted by Gasteiger charge is 2.27. The number of nitrogens with one attached hydrogen (secondary N) is 2. The minimum Gasteiger partial charge on any atom is -0.356 e. The first-order valence-corrected chi connectivity index (χ1v) is 12.4. The molecule has 6 nitrogen and oxygen atoms in total. The Kier molecular flexibility index (Phi) is 12.4. The molecule has 1 saturated heterocycles. The molecule has 0 radical (unpaired) electrons. The van der Waals surface area contributed by atoms with E-state index in [9.17, 15) is 8.42 Å². The molecule has 2 N–H and O–H groups in total. The zero-order valence-corrected chi connectivity index (χ0v) is 20.8. The van der Waals surface area contributed by atoms with E-state index in [2.05, 4.69) is 21.9 Å². The molecule has 1 aromatic rings. The number of piperidine rings is 1.